The third-order valence-electron chi connectivity index (χ3n) is 5.73. The Kier molecular flexibility index (Phi) is 7.04. The van der Waals surface area contributed by atoms with Gasteiger partial charge in [-0.3, -0.25) is 9.59 Å². The van der Waals surface area contributed by atoms with Crippen LogP contribution < -0.4 is 9.47 Å². The van der Waals surface area contributed by atoms with Gasteiger partial charge in [0.1, 0.15) is 34.6 Å². The van der Waals surface area contributed by atoms with Crippen LogP contribution in [0, 0.1) is 11.6 Å². The molecule has 6 heteroatoms. The molecule has 0 bridgehead atoms. The summed E-state index contributed by atoms with van der Waals surface area (Å²) < 4.78 is 38.2. The summed E-state index contributed by atoms with van der Waals surface area (Å²) in [4.78, 5) is 26.9. The third kappa shape index (κ3) is 5.50. The van der Waals surface area contributed by atoms with Crippen molar-refractivity contribution >= 4 is 11.6 Å². The highest BCUT2D eigenvalue weighted by molar-refractivity contribution is 6.14. The Hall–Kier alpha value is -5.10. The number of hydrogen-bond donors (Lipinski definition) is 0. The Morgan fingerprint density at radius 2 is 0.868 bits per heavy atom. The molecule has 0 radical (unpaired) electrons. The first-order chi connectivity index (χ1) is 18.5. The van der Waals surface area contributed by atoms with Crippen molar-refractivity contribution in [2.75, 3.05) is 0 Å². The summed E-state index contributed by atoms with van der Waals surface area (Å²) in [6, 6.07) is 30.8. The largest absolute Gasteiger partial charge is 0.457 e. The van der Waals surface area contributed by atoms with E-state index in [2.05, 4.69) is 0 Å². The summed E-state index contributed by atoms with van der Waals surface area (Å²) >= 11 is 0. The first kappa shape index (κ1) is 24.6. The Labute approximate surface area is 217 Å². The van der Waals surface area contributed by atoms with E-state index in [1.165, 1.54) is 54.6 Å². The first-order valence-electron chi connectivity index (χ1n) is 11.7. The summed E-state index contributed by atoms with van der Waals surface area (Å²) in [6.07, 6.45) is 0. The molecule has 4 nitrogen and oxygen atoms in total. The number of ketones is 2. The molecule has 0 unspecified atom stereocenters. The topological polar surface area (TPSA) is 52.6 Å². The van der Waals surface area contributed by atoms with Crippen LogP contribution in [0.25, 0.3) is 0 Å². The van der Waals surface area contributed by atoms with Crippen molar-refractivity contribution in [1.29, 1.82) is 0 Å². The molecular formula is C32H20F2O4. The van der Waals surface area contributed by atoms with Gasteiger partial charge in [0.25, 0.3) is 0 Å². The predicted molar refractivity (Wildman–Crippen MR) is 139 cm³/mol. The Bertz CT molecular complexity index is 1490. The van der Waals surface area contributed by atoms with Crippen LogP contribution in [0.15, 0.2) is 121 Å². The molecule has 0 atom stereocenters. The van der Waals surface area contributed by atoms with Gasteiger partial charge in [0.2, 0.25) is 0 Å². The molecule has 0 N–H and O–H groups in total. The summed E-state index contributed by atoms with van der Waals surface area (Å²) in [5, 5.41) is 0. The number of carbonyl (C=O) groups excluding carboxylic acids is 2. The zero-order valence-electron chi connectivity index (χ0n) is 19.9. The van der Waals surface area contributed by atoms with Crippen LogP contribution in [0.1, 0.15) is 31.8 Å². The molecule has 0 saturated heterocycles. The van der Waals surface area contributed by atoms with E-state index >= 15 is 0 Å². The SMILES string of the molecule is O=C(c1cccc(C(=O)c2ccccc2Oc2ccc(F)cc2)c1)c1ccccc1Oc1ccc(F)cc1. The fourth-order valence-electron chi connectivity index (χ4n) is 3.86. The highest BCUT2D eigenvalue weighted by Gasteiger charge is 2.19. The number of rotatable bonds is 8. The number of para-hydroxylation sites is 2. The maximum Gasteiger partial charge on any atom is 0.196 e. The van der Waals surface area contributed by atoms with Gasteiger partial charge in [0.15, 0.2) is 11.6 Å². The molecule has 0 fully saturated rings. The fourth-order valence-corrected chi connectivity index (χ4v) is 3.86. The Balaban J connectivity index is 1.42. The quantitative estimate of drug-likeness (QED) is 0.200. The van der Waals surface area contributed by atoms with E-state index in [1.807, 2.05) is 0 Å². The second-order valence-corrected chi connectivity index (χ2v) is 8.34. The van der Waals surface area contributed by atoms with Crippen molar-refractivity contribution in [3.8, 4) is 23.0 Å². The molecule has 0 heterocycles. The molecule has 0 aliphatic heterocycles. The zero-order valence-corrected chi connectivity index (χ0v) is 19.9. The minimum atomic E-state index is -0.396. The average molecular weight is 507 g/mol. The summed E-state index contributed by atoms with van der Waals surface area (Å²) in [5.74, 6) is -0.0958. The Morgan fingerprint density at radius 3 is 1.29 bits per heavy atom. The standard InChI is InChI=1S/C32H20F2O4/c33-23-12-16-25(17-13-23)37-29-10-3-1-8-27(29)31(35)21-6-5-7-22(20-21)32(36)28-9-2-4-11-30(28)38-26-18-14-24(34)15-19-26/h1-20H. The molecule has 186 valence electrons. The number of hydrogen-bond acceptors (Lipinski definition) is 4. The normalized spacial score (nSPS) is 10.6. The van der Waals surface area contributed by atoms with E-state index in [0.29, 0.717) is 45.3 Å². The lowest BCUT2D eigenvalue weighted by atomic mass is 9.96. The van der Waals surface area contributed by atoms with E-state index in [1.54, 1.807) is 66.7 Å². The lowest BCUT2D eigenvalue weighted by molar-refractivity contribution is 0.103. The number of ether oxygens (including phenoxy) is 2. The van der Waals surface area contributed by atoms with Crippen molar-refractivity contribution in [2.45, 2.75) is 0 Å². The summed E-state index contributed by atoms with van der Waals surface area (Å²) in [6.45, 7) is 0. The molecule has 5 aromatic rings. The van der Waals surface area contributed by atoms with Gasteiger partial charge in [-0.2, -0.15) is 0 Å². The van der Waals surface area contributed by atoms with E-state index in [-0.39, 0.29) is 11.6 Å². The van der Waals surface area contributed by atoms with Crippen molar-refractivity contribution in [1.82, 2.24) is 0 Å². The van der Waals surface area contributed by atoms with E-state index in [9.17, 15) is 18.4 Å². The maximum absolute atomic E-state index is 13.5. The van der Waals surface area contributed by atoms with Crippen LogP contribution in [-0.4, -0.2) is 11.6 Å². The van der Waals surface area contributed by atoms with Crippen LogP contribution in [0.5, 0.6) is 23.0 Å². The van der Waals surface area contributed by atoms with Crippen LogP contribution in [0.2, 0.25) is 0 Å². The van der Waals surface area contributed by atoms with Crippen LogP contribution >= 0.6 is 0 Å². The second kappa shape index (κ2) is 10.9. The Morgan fingerprint density at radius 1 is 0.474 bits per heavy atom. The molecule has 0 aromatic heterocycles. The van der Waals surface area contributed by atoms with Crippen LogP contribution in [-0.2, 0) is 0 Å². The van der Waals surface area contributed by atoms with Crippen molar-refractivity contribution in [3.63, 3.8) is 0 Å². The van der Waals surface area contributed by atoms with Gasteiger partial charge in [-0.15, -0.1) is 0 Å². The fraction of sp³-hybridized carbons (Fsp3) is 0. The highest BCUT2D eigenvalue weighted by atomic mass is 19.1. The minimum absolute atomic E-state index is 0.293. The molecular weight excluding hydrogens is 486 g/mol. The number of benzene rings is 5. The minimum Gasteiger partial charge on any atom is -0.457 e. The number of carbonyl (C=O) groups is 2. The van der Waals surface area contributed by atoms with Gasteiger partial charge in [0, 0.05) is 11.1 Å². The van der Waals surface area contributed by atoms with E-state index in [0.717, 1.165) is 0 Å². The van der Waals surface area contributed by atoms with E-state index in [4.69, 9.17) is 9.47 Å². The van der Waals surface area contributed by atoms with Crippen LogP contribution in [0.3, 0.4) is 0 Å². The van der Waals surface area contributed by atoms with Gasteiger partial charge < -0.3 is 9.47 Å². The van der Waals surface area contributed by atoms with E-state index < -0.39 is 11.6 Å². The van der Waals surface area contributed by atoms with Gasteiger partial charge in [-0.1, -0.05) is 42.5 Å². The zero-order chi connectivity index (χ0) is 26.5. The third-order valence-corrected chi connectivity index (χ3v) is 5.73. The molecule has 0 amide bonds. The van der Waals surface area contributed by atoms with Crippen molar-refractivity contribution < 1.29 is 27.8 Å². The van der Waals surface area contributed by atoms with Crippen molar-refractivity contribution in [3.05, 3.63) is 155 Å². The molecule has 0 saturated carbocycles. The predicted octanol–water partition coefficient (Wildman–Crippen LogP) is 8.01. The first-order valence-corrected chi connectivity index (χ1v) is 11.7. The molecule has 5 aromatic carbocycles. The monoisotopic (exact) mass is 506 g/mol. The maximum atomic E-state index is 13.5. The molecule has 38 heavy (non-hydrogen) atoms. The summed E-state index contributed by atoms with van der Waals surface area (Å²) in [5.41, 5.74) is 1.17. The molecule has 0 aliphatic carbocycles. The second-order valence-electron chi connectivity index (χ2n) is 8.34. The average Bonchev–Trinajstić information content (AvgIpc) is 2.95. The molecule has 0 spiro atoms. The molecule has 5 rings (SSSR count). The molecule has 0 aliphatic rings. The highest BCUT2D eigenvalue weighted by Crippen LogP contribution is 2.30. The lowest BCUT2D eigenvalue weighted by Gasteiger charge is -2.12. The summed E-state index contributed by atoms with van der Waals surface area (Å²) in [7, 11) is 0. The number of halogens is 2. The lowest BCUT2D eigenvalue weighted by Crippen LogP contribution is -2.08. The smallest absolute Gasteiger partial charge is 0.196 e. The van der Waals surface area contributed by atoms with Gasteiger partial charge in [-0.05, 0) is 78.9 Å². The van der Waals surface area contributed by atoms with Crippen LogP contribution in [0.4, 0.5) is 8.78 Å². The van der Waals surface area contributed by atoms with Gasteiger partial charge in [-0.25, -0.2) is 8.78 Å². The van der Waals surface area contributed by atoms with Crippen molar-refractivity contribution in [2.24, 2.45) is 0 Å². The van der Waals surface area contributed by atoms with Gasteiger partial charge >= 0.3 is 0 Å². The van der Waals surface area contributed by atoms with Gasteiger partial charge in [0.05, 0.1) is 11.1 Å².